The summed E-state index contributed by atoms with van der Waals surface area (Å²) in [4.78, 5) is 40.4. The van der Waals surface area contributed by atoms with E-state index in [1.165, 1.54) is 0 Å². The lowest BCUT2D eigenvalue weighted by Gasteiger charge is -2.18. The molecule has 0 saturated heterocycles. The maximum atomic E-state index is 12.5. The number of anilines is 1. The summed E-state index contributed by atoms with van der Waals surface area (Å²) in [6.07, 6.45) is 0.659. The zero-order chi connectivity index (χ0) is 22.9. The number of hydrogen-bond donors (Lipinski definition) is 5. The number of carboxylic acid groups (broad SMARTS) is 1. The second-order valence-electron chi connectivity index (χ2n) is 7.17. The van der Waals surface area contributed by atoms with Gasteiger partial charge in [0.05, 0.1) is 19.0 Å². The first-order chi connectivity index (χ1) is 15.4. The van der Waals surface area contributed by atoms with E-state index in [0.29, 0.717) is 27.8 Å². The molecule has 1 unspecified atom stereocenters. The van der Waals surface area contributed by atoms with Crippen LogP contribution < -0.4 is 21.3 Å². The zero-order valence-corrected chi connectivity index (χ0v) is 18.0. The van der Waals surface area contributed by atoms with Crippen LogP contribution in [0.3, 0.4) is 0 Å². The van der Waals surface area contributed by atoms with Crippen LogP contribution in [0.5, 0.6) is 0 Å². The van der Waals surface area contributed by atoms with Crippen molar-refractivity contribution in [2.45, 2.75) is 18.9 Å². The fourth-order valence-electron chi connectivity index (χ4n) is 3.15. The number of hydrogen-bond acceptors (Lipinski definition) is 6. The first-order valence-corrected chi connectivity index (χ1v) is 10.5. The Morgan fingerprint density at radius 2 is 1.97 bits per heavy atom. The fraction of sp³-hybridized carbons (Fsp3) is 0.273. The molecule has 9 nitrogen and oxygen atoms in total. The van der Waals surface area contributed by atoms with Crippen LogP contribution in [0.4, 0.5) is 5.69 Å². The highest BCUT2D eigenvalue weighted by atomic mass is 35.5. The van der Waals surface area contributed by atoms with Gasteiger partial charge in [-0.1, -0.05) is 29.8 Å². The van der Waals surface area contributed by atoms with E-state index in [2.05, 4.69) is 26.3 Å². The summed E-state index contributed by atoms with van der Waals surface area (Å²) in [5.41, 5.74) is 1.63. The van der Waals surface area contributed by atoms with E-state index >= 15 is 0 Å². The van der Waals surface area contributed by atoms with Crippen LogP contribution in [0.15, 0.2) is 53.5 Å². The Labute approximate surface area is 190 Å². The van der Waals surface area contributed by atoms with Gasteiger partial charge in [-0.25, -0.2) is 0 Å². The van der Waals surface area contributed by atoms with Crippen molar-refractivity contribution in [1.29, 1.82) is 0 Å². The number of aliphatic carboxylic acids is 1. The summed E-state index contributed by atoms with van der Waals surface area (Å²) >= 11 is 5.97. The molecule has 1 heterocycles. The number of nitrogens with zero attached hydrogens (tertiary/aromatic N) is 1. The second kappa shape index (κ2) is 11.1. The number of aliphatic imine (C=N–C) groups is 1. The van der Waals surface area contributed by atoms with Crippen LogP contribution in [-0.4, -0.2) is 48.5 Å². The number of guanidine groups is 1. The molecule has 0 saturated carbocycles. The standard InChI is InChI=1S/C22H24ClN5O4/c23-16-6-1-4-14(10-16)18(12-20(30)31)28-19(29)13-26-21(32)15-5-2-7-17(11-15)27-22-24-8-3-9-25-22/h1-2,4-7,10-11,18H,3,8-9,12-13H2,(H,26,32)(H,28,29)(H,30,31)(H2,24,25,27). The van der Waals surface area contributed by atoms with E-state index in [4.69, 9.17) is 16.7 Å². The first kappa shape index (κ1) is 23.1. The highest BCUT2D eigenvalue weighted by Crippen LogP contribution is 2.20. The summed E-state index contributed by atoms with van der Waals surface area (Å²) in [6, 6.07) is 12.7. The molecule has 0 fully saturated rings. The average Bonchev–Trinajstić information content (AvgIpc) is 2.77. The van der Waals surface area contributed by atoms with Gasteiger partial charge in [0.25, 0.3) is 5.91 Å². The zero-order valence-electron chi connectivity index (χ0n) is 17.2. The van der Waals surface area contributed by atoms with Crippen molar-refractivity contribution < 1.29 is 19.5 Å². The summed E-state index contributed by atoms with van der Waals surface area (Å²) in [5.74, 6) is -1.36. The molecule has 1 aliphatic heterocycles. The van der Waals surface area contributed by atoms with E-state index in [9.17, 15) is 14.4 Å². The lowest BCUT2D eigenvalue weighted by Crippen LogP contribution is -2.39. The predicted octanol–water partition coefficient (Wildman–Crippen LogP) is 2.16. The van der Waals surface area contributed by atoms with Crippen molar-refractivity contribution in [3.8, 4) is 0 Å². The van der Waals surface area contributed by atoms with Gasteiger partial charge < -0.3 is 26.4 Å². The third-order valence-corrected chi connectivity index (χ3v) is 4.89. The van der Waals surface area contributed by atoms with Crippen LogP contribution >= 0.6 is 11.6 Å². The maximum absolute atomic E-state index is 12.5. The van der Waals surface area contributed by atoms with Crippen molar-refractivity contribution in [2.75, 3.05) is 25.0 Å². The molecule has 10 heteroatoms. The molecule has 0 radical (unpaired) electrons. The minimum absolute atomic E-state index is 0.304. The van der Waals surface area contributed by atoms with Gasteiger partial charge >= 0.3 is 5.97 Å². The van der Waals surface area contributed by atoms with Crippen LogP contribution in [0.25, 0.3) is 0 Å². The van der Waals surface area contributed by atoms with Gasteiger partial charge in [0.15, 0.2) is 5.96 Å². The minimum Gasteiger partial charge on any atom is -0.481 e. The second-order valence-corrected chi connectivity index (χ2v) is 7.61. The molecule has 2 amide bonds. The quantitative estimate of drug-likeness (QED) is 0.412. The molecule has 0 aliphatic carbocycles. The summed E-state index contributed by atoms with van der Waals surface area (Å²) in [6.45, 7) is 1.27. The molecule has 1 atom stereocenters. The summed E-state index contributed by atoms with van der Waals surface area (Å²) in [5, 5.41) is 21.0. The molecule has 168 valence electrons. The smallest absolute Gasteiger partial charge is 0.305 e. The van der Waals surface area contributed by atoms with Gasteiger partial charge in [-0.3, -0.25) is 19.4 Å². The first-order valence-electron chi connectivity index (χ1n) is 10.1. The molecule has 32 heavy (non-hydrogen) atoms. The molecule has 2 aromatic carbocycles. The topological polar surface area (TPSA) is 132 Å². The van der Waals surface area contributed by atoms with E-state index in [1.54, 1.807) is 42.5 Å². The van der Waals surface area contributed by atoms with Gasteiger partial charge in [0, 0.05) is 29.4 Å². The molecule has 2 aromatic rings. The lowest BCUT2D eigenvalue weighted by atomic mass is 10.0. The van der Waals surface area contributed by atoms with Crippen LogP contribution in [0.2, 0.25) is 5.02 Å². The van der Waals surface area contributed by atoms with E-state index < -0.39 is 23.8 Å². The third-order valence-electron chi connectivity index (χ3n) is 4.66. The lowest BCUT2D eigenvalue weighted by molar-refractivity contribution is -0.137. The highest BCUT2D eigenvalue weighted by molar-refractivity contribution is 6.30. The Morgan fingerprint density at radius 3 is 2.69 bits per heavy atom. The Bertz CT molecular complexity index is 1030. The number of amides is 2. The molecule has 0 bridgehead atoms. The van der Waals surface area contributed by atoms with Crippen molar-refractivity contribution >= 4 is 41.0 Å². The van der Waals surface area contributed by atoms with E-state index in [0.717, 1.165) is 19.5 Å². The fourth-order valence-corrected chi connectivity index (χ4v) is 3.35. The maximum Gasteiger partial charge on any atom is 0.305 e. The molecular formula is C22H24ClN5O4. The monoisotopic (exact) mass is 457 g/mol. The Kier molecular flexibility index (Phi) is 8.04. The molecule has 0 spiro atoms. The van der Waals surface area contributed by atoms with Crippen molar-refractivity contribution in [3.05, 3.63) is 64.7 Å². The van der Waals surface area contributed by atoms with Crippen LogP contribution in [0, 0.1) is 0 Å². The number of rotatable bonds is 8. The summed E-state index contributed by atoms with van der Waals surface area (Å²) in [7, 11) is 0. The number of halogens is 1. The Morgan fingerprint density at radius 1 is 1.16 bits per heavy atom. The Hall–Kier alpha value is -3.59. The molecular weight excluding hydrogens is 434 g/mol. The number of carbonyl (C=O) groups excluding carboxylic acids is 2. The molecule has 1 aliphatic rings. The molecule has 3 rings (SSSR count). The van der Waals surface area contributed by atoms with Gasteiger partial charge in [-0.15, -0.1) is 0 Å². The number of carbonyl (C=O) groups is 3. The van der Waals surface area contributed by atoms with Gasteiger partial charge in [-0.05, 0) is 42.3 Å². The van der Waals surface area contributed by atoms with Crippen LogP contribution in [-0.2, 0) is 9.59 Å². The number of nitrogens with one attached hydrogen (secondary N) is 4. The van der Waals surface area contributed by atoms with Crippen LogP contribution in [0.1, 0.15) is 34.8 Å². The SMILES string of the molecule is O=C(O)CC(NC(=O)CNC(=O)c1cccc(NC2=NCCCN2)c1)c1cccc(Cl)c1. The number of carboxylic acids is 1. The van der Waals surface area contributed by atoms with Crippen molar-refractivity contribution in [2.24, 2.45) is 4.99 Å². The van der Waals surface area contributed by atoms with E-state index in [-0.39, 0.29) is 13.0 Å². The predicted molar refractivity (Wildman–Crippen MR) is 122 cm³/mol. The summed E-state index contributed by atoms with van der Waals surface area (Å²) < 4.78 is 0. The third kappa shape index (κ3) is 6.98. The highest BCUT2D eigenvalue weighted by Gasteiger charge is 2.19. The van der Waals surface area contributed by atoms with Gasteiger partial charge in [0.1, 0.15) is 0 Å². The van der Waals surface area contributed by atoms with E-state index in [1.807, 2.05) is 6.07 Å². The largest absolute Gasteiger partial charge is 0.481 e. The number of benzene rings is 2. The average molecular weight is 458 g/mol. The van der Waals surface area contributed by atoms with Gasteiger partial charge in [0.2, 0.25) is 5.91 Å². The Balaban J connectivity index is 1.57. The molecule has 0 aromatic heterocycles. The van der Waals surface area contributed by atoms with Crippen molar-refractivity contribution in [3.63, 3.8) is 0 Å². The van der Waals surface area contributed by atoms with Crippen molar-refractivity contribution in [1.82, 2.24) is 16.0 Å². The minimum atomic E-state index is -1.07. The normalized spacial score (nSPS) is 13.8. The molecule has 5 N–H and O–H groups in total. The van der Waals surface area contributed by atoms with Gasteiger partial charge in [-0.2, -0.15) is 0 Å².